The van der Waals surface area contributed by atoms with E-state index in [-0.39, 0.29) is 17.2 Å². The second kappa shape index (κ2) is 7.25. The van der Waals surface area contributed by atoms with Gasteiger partial charge in [0.15, 0.2) is 11.5 Å². The number of ether oxygens (including phenoxy) is 2. The number of carbonyl (C=O) groups is 3. The van der Waals surface area contributed by atoms with Gasteiger partial charge in [-0.3, -0.25) is 14.5 Å². The maximum Gasteiger partial charge on any atom is 0.586 e. The van der Waals surface area contributed by atoms with Gasteiger partial charge in [0.25, 0.3) is 5.91 Å². The van der Waals surface area contributed by atoms with Crippen LogP contribution in [0.4, 0.5) is 19.3 Å². The summed E-state index contributed by atoms with van der Waals surface area (Å²) in [6, 6.07) is 3.14. The molecule has 2 aliphatic heterocycles. The Morgan fingerprint density at radius 1 is 1.14 bits per heavy atom. The van der Waals surface area contributed by atoms with Crippen LogP contribution in [-0.4, -0.2) is 41.1 Å². The molecule has 0 saturated carbocycles. The van der Waals surface area contributed by atoms with E-state index in [9.17, 15) is 23.2 Å². The molecule has 0 unspecified atom stereocenters. The van der Waals surface area contributed by atoms with Gasteiger partial charge in [-0.1, -0.05) is 26.7 Å². The second-order valence-corrected chi connectivity index (χ2v) is 6.78. The average Bonchev–Trinajstić information content (AvgIpc) is 3.02. The molecule has 3 rings (SSSR count). The molecule has 8 nitrogen and oxygen atoms in total. The van der Waals surface area contributed by atoms with Gasteiger partial charge in [0.2, 0.25) is 5.91 Å². The third-order valence-corrected chi connectivity index (χ3v) is 4.59. The van der Waals surface area contributed by atoms with E-state index >= 15 is 0 Å². The van der Waals surface area contributed by atoms with Crippen molar-refractivity contribution in [3.63, 3.8) is 0 Å². The molecule has 2 heterocycles. The number of rotatable bonds is 7. The molecule has 0 atom stereocenters. The maximum atomic E-state index is 13.1. The van der Waals surface area contributed by atoms with Gasteiger partial charge in [-0.15, -0.1) is 8.78 Å². The summed E-state index contributed by atoms with van der Waals surface area (Å²) in [4.78, 5) is 38.2. The van der Waals surface area contributed by atoms with Crippen molar-refractivity contribution in [2.24, 2.45) is 0 Å². The summed E-state index contributed by atoms with van der Waals surface area (Å²) in [6.45, 7) is 3.34. The van der Waals surface area contributed by atoms with Crippen molar-refractivity contribution in [1.29, 1.82) is 0 Å². The number of anilines is 1. The zero-order chi connectivity index (χ0) is 20.5. The minimum atomic E-state index is -3.76. The Balaban J connectivity index is 1.67. The van der Waals surface area contributed by atoms with Crippen LogP contribution in [0.3, 0.4) is 0 Å². The standard InChI is InChI=1S/C18H21F2N3O5/c1-3-7-17(8-4-2)15(25)23(16(26)22-17)10-14(24)21-11-5-6-12-13(9-11)28-18(19,20)27-12/h5-6,9H,3-4,7-8,10H2,1-2H3,(H,21,24)(H,22,26). The predicted octanol–water partition coefficient (Wildman–Crippen LogP) is 2.84. The molecule has 4 amide bonds. The highest BCUT2D eigenvalue weighted by molar-refractivity contribution is 6.10. The summed E-state index contributed by atoms with van der Waals surface area (Å²) in [5, 5.41) is 5.18. The minimum absolute atomic E-state index is 0.152. The van der Waals surface area contributed by atoms with Crippen LogP contribution in [0, 0.1) is 0 Å². The average molecular weight is 397 g/mol. The van der Waals surface area contributed by atoms with Crippen LogP contribution in [-0.2, 0) is 9.59 Å². The van der Waals surface area contributed by atoms with Crippen LogP contribution in [0.25, 0.3) is 0 Å². The Morgan fingerprint density at radius 3 is 2.43 bits per heavy atom. The molecule has 0 aliphatic carbocycles. The lowest BCUT2D eigenvalue weighted by atomic mass is 9.88. The maximum absolute atomic E-state index is 13.1. The van der Waals surface area contributed by atoms with Crippen LogP contribution in [0.1, 0.15) is 39.5 Å². The molecule has 1 aromatic rings. The second-order valence-electron chi connectivity index (χ2n) is 6.78. The molecule has 1 saturated heterocycles. The van der Waals surface area contributed by atoms with E-state index < -0.39 is 36.2 Å². The van der Waals surface area contributed by atoms with E-state index in [1.54, 1.807) is 0 Å². The molecular formula is C18H21F2N3O5. The molecule has 1 fully saturated rings. The highest BCUT2D eigenvalue weighted by Crippen LogP contribution is 2.42. The normalized spacial score (nSPS) is 18.9. The van der Waals surface area contributed by atoms with E-state index in [4.69, 9.17) is 0 Å². The first-order valence-electron chi connectivity index (χ1n) is 9.03. The fourth-order valence-electron chi connectivity index (χ4n) is 3.51. The first kappa shape index (κ1) is 19.8. The summed E-state index contributed by atoms with van der Waals surface area (Å²) in [5.74, 6) is -1.44. The zero-order valence-electron chi connectivity index (χ0n) is 15.5. The number of imide groups is 1. The van der Waals surface area contributed by atoms with Gasteiger partial charge in [0.05, 0.1) is 0 Å². The number of alkyl halides is 2. The third kappa shape index (κ3) is 3.71. The number of fused-ring (bicyclic) bond motifs is 1. The lowest BCUT2D eigenvalue weighted by Gasteiger charge is -2.25. The highest BCUT2D eigenvalue weighted by atomic mass is 19.3. The van der Waals surface area contributed by atoms with Gasteiger partial charge in [0.1, 0.15) is 12.1 Å². The van der Waals surface area contributed by atoms with Crippen molar-refractivity contribution < 1.29 is 32.6 Å². The van der Waals surface area contributed by atoms with E-state index in [1.807, 2.05) is 13.8 Å². The Labute approximate surface area is 160 Å². The Kier molecular flexibility index (Phi) is 5.14. The molecule has 28 heavy (non-hydrogen) atoms. The van der Waals surface area contributed by atoms with Gasteiger partial charge < -0.3 is 20.1 Å². The summed E-state index contributed by atoms with van der Waals surface area (Å²) in [6.07, 6.45) is -1.38. The topological polar surface area (TPSA) is 97.0 Å². The number of carbonyl (C=O) groups excluding carboxylic acids is 3. The molecule has 10 heteroatoms. The van der Waals surface area contributed by atoms with Crippen LogP contribution >= 0.6 is 0 Å². The SMILES string of the molecule is CCCC1(CCC)NC(=O)N(CC(=O)Nc2ccc3c(c2)OC(F)(F)O3)C1=O. The molecule has 0 radical (unpaired) electrons. The fourth-order valence-corrected chi connectivity index (χ4v) is 3.51. The van der Waals surface area contributed by atoms with Crippen molar-refractivity contribution in [2.75, 3.05) is 11.9 Å². The minimum Gasteiger partial charge on any atom is -0.395 e. The number of hydrogen-bond acceptors (Lipinski definition) is 5. The number of nitrogens with one attached hydrogen (secondary N) is 2. The molecule has 0 bridgehead atoms. The van der Waals surface area contributed by atoms with Crippen LogP contribution in [0.2, 0.25) is 0 Å². The predicted molar refractivity (Wildman–Crippen MR) is 94.1 cm³/mol. The summed E-state index contributed by atoms with van der Waals surface area (Å²) in [7, 11) is 0. The Bertz CT molecular complexity index is 808. The first-order chi connectivity index (χ1) is 13.2. The van der Waals surface area contributed by atoms with E-state index in [2.05, 4.69) is 20.1 Å². The first-order valence-corrected chi connectivity index (χ1v) is 9.03. The Hall–Kier alpha value is -2.91. The third-order valence-electron chi connectivity index (χ3n) is 4.59. The van der Waals surface area contributed by atoms with Crippen molar-refractivity contribution in [1.82, 2.24) is 10.2 Å². The van der Waals surface area contributed by atoms with Crippen LogP contribution < -0.4 is 20.1 Å². The molecule has 2 N–H and O–H groups in total. The van der Waals surface area contributed by atoms with Crippen LogP contribution in [0.5, 0.6) is 11.5 Å². The van der Waals surface area contributed by atoms with Crippen molar-refractivity contribution in [2.45, 2.75) is 51.4 Å². The molecule has 0 aromatic heterocycles. The number of hydrogen-bond donors (Lipinski definition) is 2. The number of nitrogens with zero attached hydrogens (tertiary/aromatic N) is 1. The van der Waals surface area contributed by atoms with Gasteiger partial charge in [0, 0.05) is 11.8 Å². The quantitative estimate of drug-likeness (QED) is 0.690. The van der Waals surface area contributed by atoms with Crippen molar-refractivity contribution in [3.05, 3.63) is 18.2 Å². The smallest absolute Gasteiger partial charge is 0.395 e. The van der Waals surface area contributed by atoms with E-state index in [0.29, 0.717) is 25.7 Å². The largest absolute Gasteiger partial charge is 0.586 e. The van der Waals surface area contributed by atoms with Gasteiger partial charge >= 0.3 is 12.3 Å². The molecule has 2 aliphatic rings. The number of amides is 4. The highest BCUT2D eigenvalue weighted by Gasteiger charge is 2.50. The van der Waals surface area contributed by atoms with Gasteiger partial charge in [-0.05, 0) is 25.0 Å². The van der Waals surface area contributed by atoms with Gasteiger partial charge in [-0.25, -0.2) is 4.79 Å². The molecule has 0 spiro atoms. The summed E-state index contributed by atoms with van der Waals surface area (Å²) >= 11 is 0. The van der Waals surface area contributed by atoms with Crippen molar-refractivity contribution in [3.8, 4) is 11.5 Å². The van der Waals surface area contributed by atoms with Crippen LogP contribution in [0.15, 0.2) is 18.2 Å². The molecular weight excluding hydrogens is 376 g/mol. The fraction of sp³-hybridized carbons (Fsp3) is 0.500. The summed E-state index contributed by atoms with van der Waals surface area (Å²) in [5.41, 5.74) is -0.809. The van der Waals surface area contributed by atoms with E-state index in [1.165, 1.54) is 18.2 Å². The number of benzene rings is 1. The van der Waals surface area contributed by atoms with Crippen molar-refractivity contribution >= 4 is 23.5 Å². The molecule has 1 aromatic carbocycles. The Morgan fingerprint density at radius 2 is 1.79 bits per heavy atom. The molecule has 152 valence electrons. The lowest BCUT2D eigenvalue weighted by molar-refractivity contribution is -0.286. The summed E-state index contributed by atoms with van der Waals surface area (Å²) < 4.78 is 34.7. The number of halogens is 2. The number of urea groups is 1. The monoisotopic (exact) mass is 397 g/mol. The zero-order valence-corrected chi connectivity index (χ0v) is 15.5. The van der Waals surface area contributed by atoms with Gasteiger partial charge in [-0.2, -0.15) is 0 Å². The lowest BCUT2D eigenvalue weighted by Crippen LogP contribution is -2.47. The van der Waals surface area contributed by atoms with E-state index in [0.717, 1.165) is 4.90 Å².